The first-order chi connectivity index (χ1) is 11.3. The van der Waals surface area contributed by atoms with Crippen LogP contribution in [0.4, 0.5) is 0 Å². The maximum Gasteiger partial charge on any atom is 0.361 e. The van der Waals surface area contributed by atoms with Crippen molar-refractivity contribution in [1.82, 2.24) is 5.16 Å². The molecule has 0 atom stereocenters. The summed E-state index contributed by atoms with van der Waals surface area (Å²) in [5, 5.41) is 5.13. The average molecular weight is 301 g/mol. The summed E-state index contributed by atoms with van der Waals surface area (Å²) in [5.41, 5.74) is 3.15. The second-order valence-electron chi connectivity index (χ2n) is 5.57. The molecule has 112 valence electrons. The number of rotatable bonds is 3. The van der Waals surface area contributed by atoms with E-state index in [-0.39, 0.29) is 5.63 Å². The molecule has 0 aliphatic heterocycles. The molecule has 4 aromatic rings. The Kier molecular flexibility index (Phi) is 3.31. The molecule has 0 aliphatic carbocycles. The van der Waals surface area contributed by atoms with Crippen LogP contribution < -0.4 is 5.63 Å². The van der Waals surface area contributed by atoms with Gasteiger partial charge < -0.3 is 4.52 Å². The minimum absolute atomic E-state index is 0.308. The normalized spacial score (nSPS) is 11.0. The number of hydrogen-bond donors (Lipinski definition) is 1. The number of H-pyrrole nitrogens is 1. The molecular formula is C20H15NO2. The lowest BCUT2D eigenvalue weighted by molar-refractivity contribution is 0.392. The van der Waals surface area contributed by atoms with Gasteiger partial charge in [0.2, 0.25) is 0 Å². The van der Waals surface area contributed by atoms with Gasteiger partial charge in [0.05, 0.1) is 11.3 Å². The molecule has 0 unspecified atom stereocenters. The van der Waals surface area contributed by atoms with Crippen molar-refractivity contribution in [2.45, 2.75) is 6.42 Å². The SMILES string of the molecule is O=c1o[nH]c(-c2ccccc2)c1Cc1ccc2ccccc2c1. The number of aromatic nitrogens is 1. The highest BCUT2D eigenvalue weighted by atomic mass is 16.5. The molecule has 4 rings (SSSR count). The number of aromatic amines is 1. The summed E-state index contributed by atoms with van der Waals surface area (Å²) in [5.74, 6) is 0. The van der Waals surface area contributed by atoms with E-state index in [1.54, 1.807) is 0 Å². The third-order valence-corrected chi connectivity index (χ3v) is 4.05. The average Bonchev–Trinajstić information content (AvgIpc) is 2.96. The Morgan fingerprint density at radius 2 is 1.57 bits per heavy atom. The predicted molar refractivity (Wildman–Crippen MR) is 91.5 cm³/mol. The third-order valence-electron chi connectivity index (χ3n) is 4.05. The lowest BCUT2D eigenvalue weighted by Crippen LogP contribution is -2.03. The van der Waals surface area contributed by atoms with Crippen LogP contribution in [-0.4, -0.2) is 5.16 Å². The second-order valence-corrected chi connectivity index (χ2v) is 5.57. The van der Waals surface area contributed by atoms with Gasteiger partial charge in [-0.3, -0.25) is 0 Å². The maximum absolute atomic E-state index is 12.1. The van der Waals surface area contributed by atoms with Crippen LogP contribution in [0, 0.1) is 0 Å². The summed E-state index contributed by atoms with van der Waals surface area (Å²) in [6.07, 6.45) is 0.543. The van der Waals surface area contributed by atoms with E-state index in [0.29, 0.717) is 12.0 Å². The smallest absolute Gasteiger partial charge is 0.338 e. The number of nitrogens with one attached hydrogen (secondary N) is 1. The minimum Gasteiger partial charge on any atom is -0.338 e. The lowest BCUT2D eigenvalue weighted by Gasteiger charge is -2.04. The highest BCUT2D eigenvalue weighted by Gasteiger charge is 2.14. The molecule has 3 nitrogen and oxygen atoms in total. The standard InChI is InChI=1S/C20H15NO2/c22-20-18(19(21-23-20)16-7-2-1-3-8-16)13-14-10-11-15-6-4-5-9-17(15)12-14/h1-12,21H,13H2. The fraction of sp³-hybridized carbons (Fsp3) is 0.0500. The van der Waals surface area contributed by atoms with Crippen molar-refractivity contribution in [3.63, 3.8) is 0 Å². The van der Waals surface area contributed by atoms with E-state index < -0.39 is 0 Å². The van der Waals surface area contributed by atoms with Crippen LogP contribution in [0.1, 0.15) is 11.1 Å². The van der Waals surface area contributed by atoms with E-state index in [1.807, 2.05) is 42.5 Å². The van der Waals surface area contributed by atoms with Crippen LogP contribution in [0.15, 0.2) is 82.1 Å². The van der Waals surface area contributed by atoms with Crippen LogP contribution >= 0.6 is 0 Å². The summed E-state index contributed by atoms with van der Waals surface area (Å²) in [6, 6.07) is 24.2. The van der Waals surface area contributed by atoms with Gasteiger partial charge in [0, 0.05) is 12.0 Å². The van der Waals surface area contributed by atoms with E-state index in [1.165, 1.54) is 10.8 Å². The van der Waals surface area contributed by atoms with Gasteiger partial charge in [-0.05, 0) is 16.3 Å². The van der Waals surface area contributed by atoms with E-state index in [2.05, 4.69) is 35.5 Å². The molecule has 0 aliphatic rings. The number of benzene rings is 3. The van der Waals surface area contributed by atoms with E-state index in [4.69, 9.17) is 4.52 Å². The molecule has 3 aromatic carbocycles. The van der Waals surface area contributed by atoms with E-state index >= 15 is 0 Å². The Morgan fingerprint density at radius 3 is 2.39 bits per heavy atom. The van der Waals surface area contributed by atoms with Gasteiger partial charge in [0.15, 0.2) is 0 Å². The Bertz CT molecular complexity index is 1010. The summed E-state index contributed by atoms with van der Waals surface area (Å²) in [6.45, 7) is 0. The molecule has 1 heterocycles. The first-order valence-corrected chi connectivity index (χ1v) is 7.55. The molecule has 1 N–H and O–H groups in total. The number of hydrogen-bond acceptors (Lipinski definition) is 2. The molecule has 0 radical (unpaired) electrons. The van der Waals surface area contributed by atoms with Crippen molar-refractivity contribution in [3.8, 4) is 11.3 Å². The summed E-state index contributed by atoms with van der Waals surface area (Å²) in [7, 11) is 0. The van der Waals surface area contributed by atoms with Gasteiger partial charge in [-0.25, -0.2) is 9.95 Å². The Morgan fingerprint density at radius 1 is 0.826 bits per heavy atom. The third kappa shape index (κ3) is 2.57. The van der Waals surface area contributed by atoms with E-state index in [0.717, 1.165) is 16.8 Å². The molecular weight excluding hydrogens is 286 g/mol. The van der Waals surface area contributed by atoms with Crippen molar-refractivity contribution >= 4 is 10.8 Å². The van der Waals surface area contributed by atoms with Gasteiger partial charge in [-0.15, -0.1) is 0 Å². The largest absolute Gasteiger partial charge is 0.361 e. The highest BCUT2D eigenvalue weighted by molar-refractivity contribution is 5.83. The molecule has 0 bridgehead atoms. The van der Waals surface area contributed by atoms with Crippen LogP contribution in [0.25, 0.3) is 22.0 Å². The topological polar surface area (TPSA) is 46.0 Å². The van der Waals surface area contributed by atoms with Crippen molar-refractivity contribution in [2.75, 3.05) is 0 Å². The lowest BCUT2D eigenvalue weighted by atomic mass is 9.99. The maximum atomic E-state index is 12.1. The Hall–Kier alpha value is -3.07. The van der Waals surface area contributed by atoms with Crippen molar-refractivity contribution in [3.05, 3.63) is 94.3 Å². The van der Waals surface area contributed by atoms with Gasteiger partial charge in [0.25, 0.3) is 0 Å². The van der Waals surface area contributed by atoms with Gasteiger partial charge >= 0.3 is 5.63 Å². The monoisotopic (exact) mass is 301 g/mol. The van der Waals surface area contributed by atoms with Gasteiger partial charge in [-0.2, -0.15) is 0 Å². The number of fused-ring (bicyclic) bond motifs is 1. The predicted octanol–water partition coefficient (Wildman–Crippen LogP) is 4.38. The zero-order chi connectivity index (χ0) is 15.6. The van der Waals surface area contributed by atoms with Gasteiger partial charge in [-0.1, -0.05) is 72.8 Å². The Labute approximate surface area is 133 Å². The summed E-state index contributed by atoms with van der Waals surface area (Å²) < 4.78 is 5.03. The Balaban J connectivity index is 1.76. The van der Waals surface area contributed by atoms with Crippen LogP contribution in [-0.2, 0) is 6.42 Å². The first kappa shape index (κ1) is 13.6. The zero-order valence-electron chi connectivity index (χ0n) is 12.5. The van der Waals surface area contributed by atoms with Gasteiger partial charge in [0.1, 0.15) is 0 Å². The molecule has 0 amide bonds. The highest BCUT2D eigenvalue weighted by Crippen LogP contribution is 2.23. The fourth-order valence-electron chi connectivity index (χ4n) is 2.87. The molecule has 1 aromatic heterocycles. The molecule has 3 heteroatoms. The van der Waals surface area contributed by atoms with Crippen LogP contribution in [0.2, 0.25) is 0 Å². The minimum atomic E-state index is -0.308. The zero-order valence-corrected chi connectivity index (χ0v) is 12.5. The summed E-state index contributed by atoms with van der Waals surface area (Å²) in [4.78, 5) is 12.1. The quantitative estimate of drug-likeness (QED) is 0.610. The van der Waals surface area contributed by atoms with Crippen LogP contribution in [0.5, 0.6) is 0 Å². The van der Waals surface area contributed by atoms with Crippen LogP contribution in [0.3, 0.4) is 0 Å². The molecule has 0 saturated carbocycles. The van der Waals surface area contributed by atoms with Crippen molar-refractivity contribution in [1.29, 1.82) is 0 Å². The van der Waals surface area contributed by atoms with E-state index in [9.17, 15) is 4.79 Å². The summed E-state index contributed by atoms with van der Waals surface area (Å²) >= 11 is 0. The molecule has 0 spiro atoms. The fourth-order valence-corrected chi connectivity index (χ4v) is 2.87. The molecule has 0 fully saturated rings. The molecule has 23 heavy (non-hydrogen) atoms. The second kappa shape index (κ2) is 5.61. The first-order valence-electron chi connectivity index (χ1n) is 7.55. The van der Waals surface area contributed by atoms with Crippen molar-refractivity contribution < 1.29 is 4.52 Å². The van der Waals surface area contributed by atoms with Crippen molar-refractivity contribution in [2.24, 2.45) is 0 Å². The molecule has 0 saturated heterocycles.